The number of piperazine rings is 1. The van der Waals surface area contributed by atoms with E-state index in [2.05, 4.69) is 9.88 Å². The highest BCUT2D eigenvalue weighted by Gasteiger charge is 2.50. The number of hydrogen-bond donors (Lipinski definition) is 0. The minimum Gasteiger partial charge on any atom is -0.490 e. The monoisotopic (exact) mass is 515 g/mol. The van der Waals surface area contributed by atoms with Crippen LogP contribution in [0.25, 0.3) is 0 Å². The van der Waals surface area contributed by atoms with Gasteiger partial charge in [-0.3, -0.25) is 14.6 Å². The minimum atomic E-state index is -0.803. The number of hydrogen-bond acceptors (Lipinski definition) is 8. The fourth-order valence-corrected chi connectivity index (χ4v) is 4.77. The molecule has 3 aliphatic rings. The van der Waals surface area contributed by atoms with Gasteiger partial charge in [0.2, 0.25) is 5.88 Å². The Hall–Kier alpha value is -4.64. The van der Waals surface area contributed by atoms with Crippen molar-refractivity contribution >= 4 is 23.7 Å². The van der Waals surface area contributed by atoms with Crippen molar-refractivity contribution in [2.75, 3.05) is 37.7 Å². The second kappa shape index (κ2) is 10.0. The molecule has 4 heterocycles. The number of aromatic nitrogens is 1. The van der Waals surface area contributed by atoms with Gasteiger partial charge in [-0.25, -0.2) is 14.6 Å². The Labute approximate surface area is 218 Å². The number of urea groups is 1. The molecule has 1 atom stereocenters. The van der Waals surface area contributed by atoms with Crippen molar-refractivity contribution in [1.29, 1.82) is 0 Å². The van der Waals surface area contributed by atoms with E-state index in [4.69, 9.17) is 14.3 Å². The second-order valence-electron chi connectivity index (χ2n) is 9.10. The lowest BCUT2D eigenvalue weighted by molar-refractivity contribution is -0.150. The molecule has 11 nitrogen and oxygen atoms in total. The molecule has 0 saturated carbocycles. The molecular formula is C27H25N5O6. The molecule has 0 radical (unpaired) electrons. The van der Waals surface area contributed by atoms with E-state index in [1.807, 2.05) is 36.4 Å². The normalized spacial score (nSPS) is 19.1. The van der Waals surface area contributed by atoms with Gasteiger partial charge >= 0.3 is 12.1 Å². The van der Waals surface area contributed by atoms with Crippen LogP contribution in [-0.4, -0.2) is 76.7 Å². The summed E-state index contributed by atoms with van der Waals surface area (Å²) in [5.74, 6) is 1.18. The average Bonchev–Trinajstić information content (AvgIpc) is 3.18. The number of carbonyl (C=O) groups is 3. The molecule has 3 aromatic rings. The summed E-state index contributed by atoms with van der Waals surface area (Å²) in [4.78, 5) is 53.6. The fraction of sp³-hybridized carbons (Fsp3) is 0.259. The van der Waals surface area contributed by atoms with Gasteiger partial charge in [0.1, 0.15) is 24.1 Å². The maximum absolute atomic E-state index is 13.1. The zero-order valence-electron chi connectivity index (χ0n) is 20.4. The van der Waals surface area contributed by atoms with E-state index in [0.29, 0.717) is 54.3 Å². The molecule has 1 unspecified atom stereocenters. The topological polar surface area (TPSA) is 105 Å². The minimum absolute atomic E-state index is 0.246. The fourth-order valence-electron chi connectivity index (χ4n) is 4.77. The number of hydroxylamine groups is 2. The first-order chi connectivity index (χ1) is 18.6. The van der Waals surface area contributed by atoms with E-state index in [1.165, 1.54) is 9.80 Å². The Kier molecular flexibility index (Phi) is 6.26. The van der Waals surface area contributed by atoms with Crippen LogP contribution in [0.15, 0.2) is 72.9 Å². The third kappa shape index (κ3) is 4.59. The number of fused-ring (bicyclic) bond motifs is 2. The Morgan fingerprint density at radius 1 is 0.974 bits per heavy atom. The van der Waals surface area contributed by atoms with Crippen molar-refractivity contribution in [2.24, 2.45) is 0 Å². The number of amides is 4. The van der Waals surface area contributed by atoms with Crippen LogP contribution in [0.3, 0.4) is 0 Å². The van der Waals surface area contributed by atoms with Gasteiger partial charge < -0.3 is 19.2 Å². The zero-order chi connectivity index (χ0) is 26.1. The van der Waals surface area contributed by atoms with Gasteiger partial charge in [-0.05, 0) is 29.8 Å². The molecule has 194 valence electrons. The molecule has 4 amide bonds. The molecular weight excluding hydrogens is 490 g/mol. The summed E-state index contributed by atoms with van der Waals surface area (Å²) in [6.45, 7) is 2.31. The standard InChI is InChI=1S/C27H25N5O6/c33-25-22-18-29(17-19-10-11-24(28-16-19)37-20-6-2-1-3-7-20)12-13-30(22)26(34)32(25)38-27(35)31-14-15-36-23-9-5-4-8-21(23)31/h1-11,16,22H,12-15,17-18H2. The number of rotatable bonds is 5. The molecule has 0 N–H and O–H groups in total. The highest BCUT2D eigenvalue weighted by molar-refractivity contribution is 6.05. The van der Waals surface area contributed by atoms with Crippen LogP contribution in [0.5, 0.6) is 17.4 Å². The van der Waals surface area contributed by atoms with E-state index in [-0.39, 0.29) is 13.2 Å². The van der Waals surface area contributed by atoms with Crippen molar-refractivity contribution in [2.45, 2.75) is 12.6 Å². The highest BCUT2D eigenvalue weighted by atomic mass is 16.7. The van der Waals surface area contributed by atoms with Crippen molar-refractivity contribution in [3.8, 4) is 17.4 Å². The van der Waals surface area contributed by atoms with E-state index >= 15 is 0 Å². The predicted octanol–water partition coefficient (Wildman–Crippen LogP) is 3.27. The van der Waals surface area contributed by atoms with Gasteiger partial charge in [0, 0.05) is 38.4 Å². The van der Waals surface area contributed by atoms with Crippen LogP contribution in [0.4, 0.5) is 15.3 Å². The lowest BCUT2D eigenvalue weighted by Gasteiger charge is -2.35. The lowest BCUT2D eigenvalue weighted by atomic mass is 10.1. The number of carbonyl (C=O) groups excluding carboxylic acids is 3. The van der Waals surface area contributed by atoms with E-state index in [9.17, 15) is 14.4 Å². The summed E-state index contributed by atoms with van der Waals surface area (Å²) in [5.41, 5.74) is 1.48. The summed E-state index contributed by atoms with van der Waals surface area (Å²) in [5, 5.41) is 0.589. The number of imide groups is 1. The number of para-hydroxylation sites is 3. The molecule has 2 saturated heterocycles. The first-order valence-corrected chi connectivity index (χ1v) is 12.3. The highest BCUT2D eigenvalue weighted by Crippen LogP contribution is 2.32. The third-order valence-corrected chi connectivity index (χ3v) is 6.66. The third-order valence-electron chi connectivity index (χ3n) is 6.66. The Morgan fingerprint density at radius 2 is 1.79 bits per heavy atom. The van der Waals surface area contributed by atoms with E-state index in [0.717, 1.165) is 5.56 Å². The van der Waals surface area contributed by atoms with Crippen molar-refractivity contribution in [3.05, 3.63) is 78.5 Å². The number of pyridine rings is 1. The van der Waals surface area contributed by atoms with Gasteiger partial charge in [0.15, 0.2) is 0 Å². The van der Waals surface area contributed by atoms with E-state index in [1.54, 1.807) is 36.5 Å². The SMILES string of the molecule is O=C1C2CN(Cc3ccc(Oc4ccccc4)nc3)CCN2C(=O)N1OC(=O)N1CCOc2ccccc21. The quantitative estimate of drug-likeness (QED) is 0.477. The smallest absolute Gasteiger partial charge is 0.439 e. The molecule has 2 aromatic carbocycles. The first kappa shape index (κ1) is 23.7. The van der Waals surface area contributed by atoms with Crippen LogP contribution in [0.2, 0.25) is 0 Å². The average molecular weight is 516 g/mol. The number of anilines is 1. The van der Waals surface area contributed by atoms with Gasteiger partial charge in [-0.1, -0.05) is 41.5 Å². The Morgan fingerprint density at radius 3 is 2.61 bits per heavy atom. The zero-order valence-corrected chi connectivity index (χ0v) is 20.4. The molecule has 11 heteroatoms. The van der Waals surface area contributed by atoms with Gasteiger partial charge in [0.25, 0.3) is 5.91 Å². The van der Waals surface area contributed by atoms with Crippen LogP contribution in [-0.2, 0) is 16.2 Å². The molecule has 0 spiro atoms. The summed E-state index contributed by atoms with van der Waals surface area (Å²) in [7, 11) is 0. The maximum Gasteiger partial charge on any atom is 0.439 e. The van der Waals surface area contributed by atoms with Crippen LogP contribution >= 0.6 is 0 Å². The van der Waals surface area contributed by atoms with E-state index < -0.39 is 24.1 Å². The molecule has 2 fully saturated rings. The van der Waals surface area contributed by atoms with Crippen LogP contribution < -0.4 is 14.4 Å². The Bertz CT molecular complexity index is 1350. The van der Waals surface area contributed by atoms with Gasteiger partial charge in [-0.2, -0.15) is 0 Å². The lowest BCUT2D eigenvalue weighted by Crippen LogP contribution is -2.52. The number of ether oxygens (including phenoxy) is 2. The summed E-state index contributed by atoms with van der Waals surface area (Å²) < 4.78 is 11.3. The molecule has 0 aliphatic carbocycles. The predicted molar refractivity (Wildman–Crippen MR) is 135 cm³/mol. The van der Waals surface area contributed by atoms with Crippen molar-refractivity contribution < 1.29 is 28.7 Å². The molecule has 6 rings (SSSR count). The summed E-state index contributed by atoms with van der Waals surface area (Å²) in [6.07, 6.45) is 0.934. The number of benzene rings is 2. The number of nitrogens with zero attached hydrogens (tertiary/aromatic N) is 5. The van der Waals surface area contributed by atoms with Crippen molar-refractivity contribution in [3.63, 3.8) is 0 Å². The summed E-state index contributed by atoms with van der Waals surface area (Å²) >= 11 is 0. The van der Waals surface area contributed by atoms with Crippen LogP contribution in [0.1, 0.15) is 5.56 Å². The van der Waals surface area contributed by atoms with Crippen molar-refractivity contribution in [1.82, 2.24) is 19.8 Å². The second-order valence-corrected chi connectivity index (χ2v) is 9.10. The summed E-state index contributed by atoms with van der Waals surface area (Å²) in [6, 6.07) is 18.8. The van der Waals surface area contributed by atoms with Gasteiger partial charge in [-0.15, -0.1) is 0 Å². The Balaban J connectivity index is 1.08. The molecule has 3 aliphatic heterocycles. The molecule has 0 bridgehead atoms. The molecule has 38 heavy (non-hydrogen) atoms. The first-order valence-electron chi connectivity index (χ1n) is 12.3. The largest absolute Gasteiger partial charge is 0.490 e. The van der Waals surface area contributed by atoms with Gasteiger partial charge in [0.05, 0.1) is 12.2 Å². The molecule has 1 aromatic heterocycles. The van der Waals surface area contributed by atoms with Crippen LogP contribution in [0, 0.1) is 0 Å². The maximum atomic E-state index is 13.1.